The maximum atomic E-state index is 12.3. The molecule has 25 heavy (non-hydrogen) atoms. The van der Waals surface area contributed by atoms with Gasteiger partial charge in [0.05, 0.1) is 10.6 Å². The molecule has 3 N–H and O–H groups in total. The Hall–Kier alpha value is -2.42. The summed E-state index contributed by atoms with van der Waals surface area (Å²) in [4.78, 5) is 36.2. The van der Waals surface area contributed by atoms with Gasteiger partial charge in [0.2, 0.25) is 5.91 Å². The summed E-state index contributed by atoms with van der Waals surface area (Å²) in [5.74, 6) is -1.43. The van der Waals surface area contributed by atoms with Crippen LogP contribution >= 0.6 is 11.3 Å². The first-order valence-electron chi connectivity index (χ1n) is 8.03. The monoisotopic (exact) mass is 366 g/mol. The minimum absolute atomic E-state index is 0.0857. The molecule has 9 heteroatoms. The molecule has 2 aromatic heterocycles. The van der Waals surface area contributed by atoms with E-state index in [1.165, 1.54) is 11.3 Å². The maximum Gasteiger partial charge on any atom is 0.303 e. The third-order valence-electron chi connectivity index (χ3n) is 3.78. The van der Waals surface area contributed by atoms with Crippen molar-refractivity contribution in [1.29, 1.82) is 0 Å². The van der Waals surface area contributed by atoms with E-state index in [1.807, 2.05) is 14.0 Å². The molecular formula is C16H22N4O4S. The number of aryl methyl sites for hydroxylation is 2. The number of aromatic nitrogens is 2. The number of unbranched alkanes of at least 4 members (excludes halogenated alkanes) is 1. The summed E-state index contributed by atoms with van der Waals surface area (Å²) in [6.07, 6.45) is 1.18. The Labute approximate surface area is 149 Å². The molecule has 2 rings (SSSR count). The largest absolute Gasteiger partial charge is 0.481 e. The normalized spacial score (nSPS) is 12.1. The van der Waals surface area contributed by atoms with Gasteiger partial charge in [-0.05, 0) is 32.8 Å². The van der Waals surface area contributed by atoms with Crippen molar-refractivity contribution in [2.75, 3.05) is 6.54 Å². The molecule has 1 atom stereocenters. The Morgan fingerprint density at radius 3 is 2.72 bits per heavy atom. The van der Waals surface area contributed by atoms with Crippen LogP contribution in [0, 0.1) is 6.92 Å². The summed E-state index contributed by atoms with van der Waals surface area (Å²) < 4.78 is 1.74. The fourth-order valence-corrected chi connectivity index (χ4v) is 3.44. The quantitative estimate of drug-likeness (QED) is 0.612. The highest BCUT2D eigenvalue weighted by molar-refractivity contribution is 7.20. The Morgan fingerprint density at radius 2 is 2.08 bits per heavy atom. The summed E-state index contributed by atoms with van der Waals surface area (Å²) >= 11 is 1.33. The third kappa shape index (κ3) is 4.79. The van der Waals surface area contributed by atoms with E-state index >= 15 is 0 Å². The van der Waals surface area contributed by atoms with Gasteiger partial charge in [0.25, 0.3) is 5.91 Å². The number of amides is 2. The van der Waals surface area contributed by atoms with Gasteiger partial charge in [-0.2, -0.15) is 5.10 Å². The molecule has 136 valence electrons. The van der Waals surface area contributed by atoms with E-state index in [4.69, 9.17) is 5.11 Å². The smallest absolute Gasteiger partial charge is 0.303 e. The molecule has 0 spiro atoms. The van der Waals surface area contributed by atoms with Crippen molar-refractivity contribution in [1.82, 2.24) is 20.4 Å². The molecule has 0 radical (unpaired) electrons. The number of carbonyl (C=O) groups excluding carboxylic acids is 2. The van der Waals surface area contributed by atoms with Crippen LogP contribution in [0.2, 0.25) is 0 Å². The summed E-state index contributed by atoms with van der Waals surface area (Å²) in [6.45, 7) is 3.89. The minimum Gasteiger partial charge on any atom is -0.481 e. The molecule has 8 nitrogen and oxygen atoms in total. The van der Waals surface area contributed by atoms with Crippen molar-refractivity contribution in [3.05, 3.63) is 16.6 Å². The third-order valence-corrected chi connectivity index (χ3v) is 4.98. The molecule has 0 fully saturated rings. The molecule has 0 saturated carbocycles. The number of nitrogens with one attached hydrogen (secondary N) is 2. The zero-order chi connectivity index (χ0) is 18.6. The number of hydrogen-bond donors (Lipinski definition) is 3. The van der Waals surface area contributed by atoms with Gasteiger partial charge >= 0.3 is 5.97 Å². The van der Waals surface area contributed by atoms with Crippen LogP contribution in [-0.4, -0.2) is 45.3 Å². The van der Waals surface area contributed by atoms with Crippen LogP contribution in [0.5, 0.6) is 0 Å². The van der Waals surface area contributed by atoms with Crippen LogP contribution in [0.25, 0.3) is 10.2 Å². The average molecular weight is 366 g/mol. The first-order chi connectivity index (χ1) is 11.8. The molecule has 2 heterocycles. The average Bonchev–Trinajstić information content (AvgIpc) is 3.08. The lowest BCUT2D eigenvalue weighted by atomic mass is 10.2. The van der Waals surface area contributed by atoms with Crippen molar-refractivity contribution >= 4 is 39.3 Å². The Bertz CT molecular complexity index is 761. The van der Waals surface area contributed by atoms with Crippen LogP contribution in [0.1, 0.15) is 41.6 Å². The fraction of sp³-hybridized carbons (Fsp3) is 0.500. The van der Waals surface area contributed by atoms with Gasteiger partial charge < -0.3 is 15.7 Å². The molecule has 0 aliphatic rings. The second kappa shape index (κ2) is 8.11. The second-order valence-corrected chi connectivity index (χ2v) is 6.91. The number of rotatable bonds is 8. The first kappa shape index (κ1) is 18.9. The van der Waals surface area contributed by atoms with Crippen LogP contribution in [0.15, 0.2) is 6.07 Å². The fourth-order valence-electron chi connectivity index (χ4n) is 2.42. The SMILES string of the molecule is Cc1nn(C)c2sc(C(=O)NC(C)C(=O)NCCCCC(=O)O)cc12. The molecule has 0 aromatic carbocycles. The lowest BCUT2D eigenvalue weighted by Crippen LogP contribution is -2.44. The Kier molecular flexibility index (Phi) is 6.13. The highest BCUT2D eigenvalue weighted by atomic mass is 32.1. The zero-order valence-electron chi connectivity index (χ0n) is 14.5. The van der Waals surface area contributed by atoms with Gasteiger partial charge in [-0.3, -0.25) is 19.1 Å². The number of fused-ring (bicyclic) bond motifs is 1. The predicted molar refractivity (Wildman–Crippen MR) is 94.8 cm³/mol. The number of hydrogen-bond acceptors (Lipinski definition) is 5. The molecule has 0 aliphatic carbocycles. The van der Waals surface area contributed by atoms with Gasteiger partial charge in [-0.25, -0.2) is 0 Å². The number of carbonyl (C=O) groups is 3. The van der Waals surface area contributed by atoms with Crippen LogP contribution in [0.4, 0.5) is 0 Å². The molecule has 2 aromatic rings. The number of carboxylic acids is 1. The summed E-state index contributed by atoms with van der Waals surface area (Å²) in [7, 11) is 1.83. The Morgan fingerprint density at radius 1 is 1.36 bits per heavy atom. The first-order valence-corrected chi connectivity index (χ1v) is 8.84. The number of thiophene rings is 1. The van der Waals surface area contributed by atoms with Gasteiger partial charge in [0, 0.05) is 25.4 Å². The van der Waals surface area contributed by atoms with E-state index in [0.29, 0.717) is 24.3 Å². The van der Waals surface area contributed by atoms with Gasteiger partial charge in [-0.15, -0.1) is 11.3 Å². The van der Waals surface area contributed by atoms with Crippen molar-refractivity contribution in [2.45, 2.75) is 39.2 Å². The summed E-state index contributed by atoms with van der Waals surface area (Å²) in [5, 5.41) is 19.2. The summed E-state index contributed by atoms with van der Waals surface area (Å²) in [5.41, 5.74) is 0.861. The highest BCUT2D eigenvalue weighted by Gasteiger charge is 2.19. The van der Waals surface area contributed by atoms with Crippen LogP contribution in [-0.2, 0) is 16.6 Å². The molecular weight excluding hydrogens is 344 g/mol. The van der Waals surface area contributed by atoms with Crippen LogP contribution in [0.3, 0.4) is 0 Å². The van der Waals surface area contributed by atoms with Crippen molar-refractivity contribution in [3.8, 4) is 0 Å². The van der Waals surface area contributed by atoms with Crippen molar-refractivity contribution in [3.63, 3.8) is 0 Å². The highest BCUT2D eigenvalue weighted by Crippen LogP contribution is 2.27. The van der Waals surface area contributed by atoms with Gasteiger partial charge in [-0.1, -0.05) is 0 Å². The lowest BCUT2D eigenvalue weighted by molar-refractivity contribution is -0.137. The van der Waals surface area contributed by atoms with E-state index in [-0.39, 0.29) is 18.2 Å². The van der Waals surface area contributed by atoms with E-state index in [9.17, 15) is 14.4 Å². The second-order valence-electron chi connectivity index (χ2n) is 5.88. The van der Waals surface area contributed by atoms with Gasteiger partial charge in [0.1, 0.15) is 10.9 Å². The standard InChI is InChI=1S/C16H22N4O4S/c1-9-11-8-12(25-16(11)20(3)19-9)15(24)18-10(2)14(23)17-7-5-4-6-13(21)22/h8,10H,4-7H2,1-3H3,(H,17,23)(H,18,24)(H,21,22). The van der Waals surface area contributed by atoms with E-state index in [0.717, 1.165) is 15.9 Å². The summed E-state index contributed by atoms with van der Waals surface area (Å²) in [6, 6.07) is 1.12. The van der Waals surface area contributed by atoms with Crippen molar-refractivity contribution in [2.24, 2.45) is 7.05 Å². The lowest BCUT2D eigenvalue weighted by Gasteiger charge is -2.13. The van der Waals surface area contributed by atoms with E-state index in [1.54, 1.807) is 17.7 Å². The van der Waals surface area contributed by atoms with Crippen molar-refractivity contribution < 1.29 is 19.5 Å². The topological polar surface area (TPSA) is 113 Å². The molecule has 1 unspecified atom stereocenters. The number of aliphatic carboxylic acids is 1. The Balaban J connectivity index is 1.85. The zero-order valence-corrected chi connectivity index (χ0v) is 15.3. The van der Waals surface area contributed by atoms with E-state index < -0.39 is 12.0 Å². The number of carboxylic acid groups (broad SMARTS) is 1. The molecule has 2 amide bonds. The maximum absolute atomic E-state index is 12.3. The minimum atomic E-state index is -0.847. The van der Waals surface area contributed by atoms with Gasteiger partial charge in [0.15, 0.2) is 0 Å². The van der Waals surface area contributed by atoms with Crippen LogP contribution < -0.4 is 10.6 Å². The van der Waals surface area contributed by atoms with E-state index in [2.05, 4.69) is 15.7 Å². The molecule has 0 bridgehead atoms. The predicted octanol–water partition coefficient (Wildman–Crippen LogP) is 1.43. The number of nitrogens with zero attached hydrogens (tertiary/aromatic N) is 2. The molecule has 0 saturated heterocycles. The molecule has 0 aliphatic heterocycles.